The van der Waals surface area contributed by atoms with E-state index in [4.69, 9.17) is 10.5 Å². The minimum atomic E-state index is -3.47. The quantitative estimate of drug-likeness (QED) is 0.881. The second-order valence-corrected chi connectivity index (χ2v) is 8.11. The van der Waals surface area contributed by atoms with Crippen molar-refractivity contribution in [1.29, 1.82) is 0 Å². The molecule has 0 bridgehead atoms. The Hall–Kier alpha value is -1.69. The molecular weight excluding hydrogens is 310 g/mol. The van der Waals surface area contributed by atoms with Gasteiger partial charge in [0.2, 0.25) is 0 Å². The Labute approximate surface area is 137 Å². The topological polar surface area (TPSA) is 69.4 Å². The lowest BCUT2D eigenvalue weighted by molar-refractivity contribution is 0.142. The largest absolute Gasteiger partial charge is 0.384 e. The van der Waals surface area contributed by atoms with E-state index in [9.17, 15) is 8.42 Å². The molecule has 3 atom stereocenters. The second kappa shape index (κ2) is 6.07. The van der Waals surface area contributed by atoms with E-state index < -0.39 is 20.5 Å². The summed E-state index contributed by atoms with van der Waals surface area (Å²) in [5, 5.41) is -0.551. The highest BCUT2D eigenvalue weighted by Gasteiger charge is 2.70. The number of hydrogen-bond donors (Lipinski definition) is 1. The van der Waals surface area contributed by atoms with Gasteiger partial charge >= 0.3 is 0 Å². The Morgan fingerprint density at radius 3 is 2.13 bits per heavy atom. The van der Waals surface area contributed by atoms with Crippen LogP contribution in [0.5, 0.6) is 0 Å². The number of rotatable bonds is 6. The molecule has 0 heterocycles. The highest BCUT2D eigenvalue weighted by atomic mass is 32.2. The fourth-order valence-corrected chi connectivity index (χ4v) is 6.07. The molecular formula is C18H21NO3S. The molecule has 2 N–H and O–H groups in total. The van der Waals surface area contributed by atoms with E-state index in [0.717, 1.165) is 5.56 Å². The van der Waals surface area contributed by atoms with Gasteiger partial charge in [0.05, 0.1) is 16.8 Å². The van der Waals surface area contributed by atoms with Crippen molar-refractivity contribution in [1.82, 2.24) is 0 Å². The molecule has 0 radical (unpaired) electrons. The van der Waals surface area contributed by atoms with Gasteiger partial charge in [0.15, 0.2) is 9.84 Å². The first-order chi connectivity index (χ1) is 11.1. The Morgan fingerprint density at radius 1 is 1.04 bits per heavy atom. The Balaban J connectivity index is 2.06. The number of nitrogens with two attached hydrogens (primary N) is 1. The van der Waals surface area contributed by atoms with Gasteiger partial charge in [0, 0.05) is 25.0 Å². The number of hydrogen-bond acceptors (Lipinski definition) is 4. The van der Waals surface area contributed by atoms with Crippen molar-refractivity contribution in [2.24, 2.45) is 11.1 Å². The van der Waals surface area contributed by atoms with Crippen LogP contribution in [0.1, 0.15) is 11.5 Å². The third-order valence-corrected chi connectivity index (χ3v) is 7.08. The fraction of sp³-hybridized carbons (Fsp3) is 0.333. The SMILES string of the molecule is COC[C@@]1(CN)[C@H](c2ccccc2)[C@@H]1S(=O)(=O)c1ccccc1. The third kappa shape index (κ3) is 2.59. The van der Waals surface area contributed by atoms with Crippen LogP contribution in [-0.2, 0) is 14.6 Å². The molecule has 23 heavy (non-hydrogen) atoms. The van der Waals surface area contributed by atoms with Gasteiger partial charge in [-0.1, -0.05) is 48.5 Å². The van der Waals surface area contributed by atoms with Crippen LogP contribution >= 0.6 is 0 Å². The van der Waals surface area contributed by atoms with Gasteiger partial charge < -0.3 is 10.5 Å². The maximum Gasteiger partial charge on any atom is 0.182 e. The molecule has 2 aromatic rings. The molecule has 1 aliphatic rings. The number of methoxy groups -OCH3 is 1. The summed E-state index contributed by atoms with van der Waals surface area (Å²) in [5.41, 5.74) is 6.44. The first kappa shape index (κ1) is 16.2. The van der Waals surface area contributed by atoms with Crippen LogP contribution in [-0.4, -0.2) is 33.9 Å². The average molecular weight is 331 g/mol. The summed E-state index contributed by atoms with van der Waals surface area (Å²) < 4.78 is 31.6. The number of sulfone groups is 1. The molecule has 0 unspecified atom stereocenters. The predicted molar refractivity (Wildman–Crippen MR) is 90.0 cm³/mol. The van der Waals surface area contributed by atoms with Crippen molar-refractivity contribution in [2.75, 3.05) is 20.3 Å². The Kier molecular flexibility index (Phi) is 4.27. The lowest BCUT2D eigenvalue weighted by atomic mass is 10.0. The second-order valence-electron chi connectivity index (χ2n) is 6.04. The molecule has 2 aromatic carbocycles. The molecule has 122 valence electrons. The van der Waals surface area contributed by atoms with Gasteiger partial charge in [-0.2, -0.15) is 0 Å². The van der Waals surface area contributed by atoms with E-state index >= 15 is 0 Å². The minimum Gasteiger partial charge on any atom is -0.384 e. The number of benzene rings is 2. The summed E-state index contributed by atoms with van der Waals surface area (Å²) in [6.07, 6.45) is 0. The summed E-state index contributed by atoms with van der Waals surface area (Å²) >= 11 is 0. The lowest BCUT2D eigenvalue weighted by Gasteiger charge is -2.14. The van der Waals surface area contributed by atoms with Gasteiger partial charge in [-0.25, -0.2) is 8.42 Å². The molecule has 3 rings (SSSR count). The van der Waals surface area contributed by atoms with Crippen molar-refractivity contribution in [3.63, 3.8) is 0 Å². The average Bonchev–Trinajstić information content (AvgIpc) is 3.27. The van der Waals surface area contributed by atoms with Crippen LogP contribution in [0.2, 0.25) is 0 Å². The van der Waals surface area contributed by atoms with Crippen LogP contribution in [0.4, 0.5) is 0 Å². The number of ether oxygens (including phenoxy) is 1. The molecule has 0 saturated heterocycles. The molecule has 5 heteroatoms. The van der Waals surface area contributed by atoms with E-state index in [2.05, 4.69) is 0 Å². The zero-order valence-electron chi connectivity index (χ0n) is 13.1. The monoisotopic (exact) mass is 331 g/mol. The van der Waals surface area contributed by atoms with Gasteiger partial charge in [-0.3, -0.25) is 0 Å². The molecule has 1 saturated carbocycles. The van der Waals surface area contributed by atoms with Crippen molar-refractivity contribution < 1.29 is 13.2 Å². The van der Waals surface area contributed by atoms with Crippen LogP contribution in [0.15, 0.2) is 65.6 Å². The Morgan fingerprint density at radius 2 is 1.61 bits per heavy atom. The van der Waals surface area contributed by atoms with Gasteiger partial charge in [-0.05, 0) is 17.7 Å². The lowest BCUT2D eigenvalue weighted by Crippen LogP contribution is -2.28. The zero-order valence-corrected chi connectivity index (χ0v) is 13.9. The highest BCUT2D eigenvalue weighted by molar-refractivity contribution is 7.92. The van der Waals surface area contributed by atoms with Crippen LogP contribution in [0, 0.1) is 5.41 Å². The minimum absolute atomic E-state index is 0.140. The summed E-state index contributed by atoms with van der Waals surface area (Å²) in [7, 11) is -1.88. The van der Waals surface area contributed by atoms with Gasteiger partial charge in [0.1, 0.15) is 0 Å². The normalized spacial score (nSPS) is 26.9. The van der Waals surface area contributed by atoms with Crippen molar-refractivity contribution in [3.05, 3.63) is 66.2 Å². The van der Waals surface area contributed by atoms with Crippen molar-refractivity contribution >= 4 is 9.84 Å². The standard InChI is InChI=1S/C18H21NO3S/c1-22-13-18(12-19)16(14-8-4-2-5-9-14)17(18)23(20,21)15-10-6-3-7-11-15/h2-11,16-17H,12-13,19H2,1H3/t16-,17+,18+/m1/s1. The zero-order chi connectivity index (χ0) is 16.5. The van der Waals surface area contributed by atoms with Crippen LogP contribution < -0.4 is 5.73 Å². The van der Waals surface area contributed by atoms with E-state index in [-0.39, 0.29) is 12.5 Å². The highest BCUT2D eigenvalue weighted by Crippen LogP contribution is 2.63. The summed E-state index contributed by atoms with van der Waals surface area (Å²) in [6, 6.07) is 18.3. The molecule has 1 fully saturated rings. The molecule has 0 spiro atoms. The van der Waals surface area contributed by atoms with Crippen LogP contribution in [0.3, 0.4) is 0 Å². The maximum atomic E-state index is 13.1. The first-order valence-electron chi connectivity index (χ1n) is 7.61. The summed E-state index contributed by atoms with van der Waals surface area (Å²) in [5.74, 6) is -0.140. The van der Waals surface area contributed by atoms with Crippen molar-refractivity contribution in [2.45, 2.75) is 16.1 Å². The first-order valence-corrected chi connectivity index (χ1v) is 9.15. The molecule has 0 aromatic heterocycles. The van der Waals surface area contributed by atoms with E-state index in [1.54, 1.807) is 31.4 Å². The van der Waals surface area contributed by atoms with E-state index in [1.165, 1.54) is 0 Å². The fourth-order valence-electron chi connectivity index (χ4n) is 3.61. The summed E-state index contributed by atoms with van der Waals surface area (Å²) in [6.45, 7) is 0.608. The van der Waals surface area contributed by atoms with E-state index in [0.29, 0.717) is 11.5 Å². The van der Waals surface area contributed by atoms with Gasteiger partial charge in [0.25, 0.3) is 0 Å². The molecule has 4 nitrogen and oxygen atoms in total. The maximum absolute atomic E-state index is 13.1. The smallest absolute Gasteiger partial charge is 0.182 e. The summed E-state index contributed by atoms with van der Waals surface area (Å²) in [4.78, 5) is 0.345. The van der Waals surface area contributed by atoms with Gasteiger partial charge in [-0.15, -0.1) is 0 Å². The molecule has 1 aliphatic carbocycles. The predicted octanol–water partition coefficient (Wildman–Crippen LogP) is 2.22. The Bertz CT molecular complexity index is 761. The third-order valence-electron chi connectivity index (χ3n) is 4.74. The van der Waals surface area contributed by atoms with E-state index in [1.807, 2.05) is 36.4 Å². The molecule has 0 amide bonds. The van der Waals surface area contributed by atoms with Crippen LogP contribution in [0.25, 0.3) is 0 Å². The van der Waals surface area contributed by atoms with Crippen molar-refractivity contribution in [3.8, 4) is 0 Å². The molecule has 0 aliphatic heterocycles.